The molecule has 1 N–H and O–H groups in total. The lowest BCUT2D eigenvalue weighted by Crippen LogP contribution is -2.45. The van der Waals surface area contributed by atoms with Crippen LogP contribution in [0.25, 0.3) is 0 Å². The van der Waals surface area contributed by atoms with Crippen molar-refractivity contribution in [2.45, 2.75) is 13.0 Å². The maximum absolute atomic E-state index is 12.9. The molecule has 0 bridgehead atoms. The van der Waals surface area contributed by atoms with Crippen molar-refractivity contribution < 1.29 is 22.3 Å². The van der Waals surface area contributed by atoms with Crippen LogP contribution in [0.1, 0.15) is 6.92 Å². The summed E-state index contributed by atoms with van der Waals surface area (Å²) in [5.41, 5.74) is 0.714. The van der Waals surface area contributed by atoms with Crippen LogP contribution in [0.15, 0.2) is 48.5 Å². The van der Waals surface area contributed by atoms with Crippen LogP contribution in [0.2, 0.25) is 0 Å². The van der Waals surface area contributed by atoms with E-state index in [9.17, 15) is 17.6 Å². The number of hydrogen-bond acceptors (Lipinski definition) is 4. The summed E-state index contributed by atoms with van der Waals surface area (Å²) >= 11 is 0. The topological polar surface area (TPSA) is 75.7 Å². The minimum absolute atomic E-state index is 0.338. The Balaban J connectivity index is 2.27. The van der Waals surface area contributed by atoms with Crippen LogP contribution in [0.3, 0.4) is 0 Å². The number of amides is 1. The second-order valence-electron chi connectivity index (χ2n) is 5.43. The highest BCUT2D eigenvalue weighted by Gasteiger charge is 2.29. The number of carbonyl (C=O) groups is 1. The van der Waals surface area contributed by atoms with Crippen molar-refractivity contribution in [1.29, 1.82) is 0 Å². The molecule has 2 aromatic carbocycles. The minimum atomic E-state index is -3.71. The predicted molar refractivity (Wildman–Crippen MR) is 94.8 cm³/mol. The first-order valence-electron chi connectivity index (χ1n) is 7.42. The molecule has 0 aliphatic rings. The molecular weight excluding hydrogens is 347 g/mol. The van der Waals surface area contributed by atoms with Gasteiger partial charge in [0.1, 0.15) is 17.6 Å². The second kappa shape index (κ2) is 7.52. The number of hydrogen-bond donors (Lipinski definition) is 1. The zero-order valence-electron chi connectivity index (χ0n) is 14.1. The van der Waals surface area contributed by atoms with E-state index in [0.29, 0.717) is 17.1 Å². The summed E-state index contributed by atoms with van der Waals surface area (Å²) in [5.74, 6) is -0.393. The van der Waals surface area contributed by atoms with Crippen LogP contribution >= 0.6 is 0 Å². The van der Waals surface area contributed by atoms with Gasteiger partial charge in [0, 0.05) is 5.69 Å². The van der Waals surface area contributed by atoms with Gasteiger partial charge in [0.2, 0.25) is 15.9 Å². The van der Waals surface area contributed by atoms with E-state index in [4.69, 9.17) is 4.74 Å². The van der Waals surface area contributed by atoms with Crippen LogP contribution in [-0.4, -0.2) is 33.7 Å². The van der Waals surface area contributed by atoms with Gasteiger partial charge in [-0.3, -0.25) is 9.10 Å². The third-order valence-electron chi connectivity index (χ3n) is 3.53. The Hall–Kier alpha value is -2.61. The molecule has 2 rings (SSSR count). The van der Waals surface area contributed by atoms with Crippen molar-refractivity contribution in [1.82, 2.24) is 0 Å². The molecule has 0 heterocycles. The zero-order chi connectivity index (χ0) is 18.6. The van der Waals surface area contributed by atoms with Crippen LogP contribution < -0.4 is 14.4 Å². The molecule has 0 unspecified atom stereocenters. The number of rotatable bonds is 6. The Morgan fingerprint density at radius 3 is 2.16 bits per heavy atom. The number of methoxy groups -OCH3 is 1. The first-order valence-corrected chi connectivity index (χ1v) is 9.27. The molecule has 8 heteroatoms. The molecule has 0 aliphatic heterocycles. The number of benzene rings is 2. The van der Waals surface area contributed by atoms with Gasteiger partial charge in [-0.1, -0.05) is 0 Å². The summed E-state index contributed by atoms with van der Waals surface area (Å²) in [6, 6.07) is 10.5. The van der Waals surface area contributed by atoms with Crippen molar-refractivity contribution in [3.63, 3.8) is 0 Å². The van der Waals surface area contributed by atoms with E-state index in [1.807, 2.05) is 0 Å². The number of halogens is 1. The van der Waals surface area contributed by atoms with Crippen LogP contribution in [0.4, 0.5) is 15.8 Å². The third kappa shape index (κ3) is 4.69. The number of carbonyl (C=O) groups excluding carboxylic acids is 1. The molecule has 25 heavy (non-hydrogen) atoms. The molecule has 1 atom stereocenters. The highest BCUT2D eigenvalue weighted by atomic mass is 32.2. The molecular formula is C17H19FN2O4S. The van der Waals surface area contributed by atoms with Gasteiger partial charge in [0.25, 0.3) is 0 Å². The molecule has 2 aromatic rings. The number of anilines is 2. The molecule has 1 amide bonds. The monoisotopic (exact) mass is 366 g/mol. The van der Waals surface area contributed by atoms with Crippen LogP contribution in [-0.2, 0) is 14.8 Å². The highest BCUT2D eigenvalue weighted by Crippen LogP contribution is 2.24. The van der Waals surface area contributed by atoms with Crippen molar-refractivity contribution >= 4 is 27.3 Å². The van der Waals surface area contributed by atoms with Crippen molar-refractivity contribution in [2.24, 2.45) is 0 Å². The van der Waals surface area contributed by atoms with E-state index in [1.165, 1.54) is 38.3 Å². The van der Waals surface area contributed by atoms with E-state index in [-0.39, 0.29) is 0 Å². The Morgan fingerprint density at radius 1 is 1.12 bits per heavy atom. The van der Waals surface area contributed by atoms with Gasteiger partial charge >= 0.3 is 0 Å². The second-order valence-corrected chi connectivity index (χ2v) is 7.29. The molecule has 6 nitrogen and oxygen atoms in total. The van der Waals surface area contributed by atoms with Crippen LogP contribution in [0.5, 0.6) is 5.75 Å². The van der Waals surface area contributed by atoms with Gasteiger partial charge in [-0.2, -0.15) is 0 Å². The van der Waals surface area contributed by atoms with Gasteiger partial charge in [0.15, 0.2) is 0 Å². The van der Waals surface area contributed by atoms with Gasteiger partial charge < -0.3 is 10.1 Å². The van der Waals surface area contributed by atoms with Gasteiger partial charge in [-0.15, -0.1) is 0 Å². The summed E-state index contributed by atoms with van der Waals surface area (Å²) in [4.78, 5) is 12.4. The molecule has 0 aromatic heterocycles. The lowest BCUT2D eigenvalue weighted by molar-refractivity contribution is -0.116. The summed E-state index contributed by atoms with van der Waals surface area (Å²) in [6.45, 7) is 1.48. The highest BCUT2D eigenvalue weighted by molar-refractivity contribution is 7.92. The van der Waals surface area contributed by atoms with E-state index in [1.54, 1.807) is 24.3 Å². The Labute approximate surface area is 146 Å². The third-order valence-corrected chi connectivity index (χ3v) is 4.77. The fraction of sp³-hybridized carbons (Fsp3) is 0.235. The van der Waals surface area contributed by atoms with Gasteiger partial charge in [-0.25, -0.2) is 12.8 Å². The molecule has 0 spiro atoms. The maximum atomic E-state index is 12.9. The smallest absolute Gasteiger partial charge is 0.247 e. The molecule has 0 radical (unpaired) electrons. The number of nitrogens with one attached hydrogen (secondary N) is 1. The average Bonchev–Trinajstić information content (AvgIpc) is 2.56. The number of sulfonamides is 1. The molecule has 0 fully saturated rings. The summed E-state index contributed by atoms with van der Waals surface area (Å²) in [5, 5.41) is 2.58. The molecule has 0 saturated carbocycles. The average molecular weight is 366 g/mol. The largest absolute Gasteiger partial charge is 0.497 e. The summed E-state index contributed by atoms with van der Waals surface area (Å²) < 4.78 is 43.4. The fourth-order valence-electron chi connectivity index (χ4n) is 2.32. The van der Waals surface area contributed by atoms with E-state index in [0.717, 1.165) is 10.6 Å². The van der Waals surface area contributed by atoms with Crippen molar-refractivity contribution in [3.05, 3.63) is 54.3 Å². The van der Waals surface area contributed by atoms with E-state index >= 15 is 0 Å². The number of ether oxygens (including phenoxy) is 1. The van der Waals surface area contributed by atoms with Crippen molar-refractivity contribution in [3.8, 4) is 5.75 Å². The van der Waals surface area contributed by atoms with Gasteiger partial charge in [-0.05, 0) is 55.5 Å². The SMILES string of the molecule is COc1ccc(N([C@H](C)C(=O)Nc2ccc(F)cc2)S(C)(=O)=O)cc1. The normalized spacial score (nSPS) is 12.3. The molecule has 0 saturated heterocycles. The Kier molecular flexibility index (Phi) is 5.63. The molecule has 134 valence electrons. The van der Waals surface area contributed by atoms with Crippen molar-refractivity contribution in [2.75, 3.05) is 23.0 Å². The number of nitrogens with zero attached hydrogens (tertiary/aromatic N) is 1. The summed E-state index contributed by atoms with van der Waals surface area (Å²) in [7, 11) is -2.21. The Bertz CT molecular complexity index is 836. The quantitative estimate of drug-likeness (QED) is 0.853. The zero-order valence-corrected chi connectivity index (χ0v) is 14.9. The lowest BCUT2D eigenvalue weighted by Gasteiger charge is -2.28. The fourth-order valence-corrected chi connectivity index (χ4v) is 3.49. The first-order chi connectivity index (χ1) is 11.7. The van der Waals surface area contributed by atoms with Gasteiger partial charge in [0.05, 0.1) is 19.1 Å². The molecule has 0 aliphatic carbocycles. The Morgan fingerprint density at radius 2 is 1.68 bits per heavy atom. The van der Waals surface area contributed by atoms with E-state index < -0.39 is 27.8 Å². The lowest BCUT2D eigenvalue weighted by atomic mass is 10.2. The van der Waals surface area contributed by atoms with Crippen LogP contribution in [0, 0.1) is 5.82 Å². The minimum Gasteiger partial charge on any atom is -0.497 e. The predicted octanol–water partition coefficient (Wildman–Crippen LogP) is 2.63. The summed E-state index contributed by atoms with van der Waals surface area (Å²) in [6.07, 6.45) is 1.03. The first kappa shape index (κ1) is 18.7. The standard InChI is InChI=1S/C17H19FN2O4S/c1-12(17(21)19-14-6-4-13(18)5-7-14)20(25(3,22)23)15-8-10-16(24-2)11-9-15/h4-12H,1-3H3,(H,19,21)/t12-/m1/s1. The maximum Gasteiger partial charge on any atom is 0.247 e. The van der Waals surface area contributed by atoms with E-state index in [2.05, 4.69) is 5.32 Å².